The fourth-order valence-corrected chi connectivity index (χ4v) is 3.45. The highest BCUT2D eigenvalue weighted by atomic mass is 35.5. The van der Waals surface area contributed by atoms with Crippen LogP contribution in [0.4, 0.5) is 0 Å². The number of hydrogen-bond acceptors (Lipinski definition) is 4. The first-order valence-electron chi connectivity index (χ1n) is 8.87. The lowest BCUT2D eigenvalue weighted by Crippen LogP contribution is -2.31. The maximum Gasteiger partial charge on any atom is 0.261 e. The van der Waals surface area contributed by atoms with Crippen LogP contribution < -0.4 is 5.32 Å². The molecule has 2 aromatic carbocycles. The molecule has 2 heterocycles. The number of nitrogens with one attached hydrogen (secondary N) is 1. The fourth-order valence-electron chi connectivity index (χ4n) is 3.32. The highest BCUT2D eigenvalue weighted by Crippen LogP contribution is 2.25. The maximum absolute atomic E-state index is 13.0. The van der Waals surface area contributed by atoms with Gasteiger partial charge in [0, 0.05) is 37.1 Å². The zero-order valence-electron chi connectivity index (χ0n) is 15.7. The normalized spacial score (nSPS) is 14.1. The number of carbonyl (C=O) groups is 3. The first-order chi connectivity index (χ1) is 13.9. The van der Waals surface area contributed by atoms with Gasteiger partial charge in [0.05, 0.1) is 11.1 Å². The Kier molecular flexibility index (Phi) is 4.68. The Hall–Kier alpha value is -3.45. The van der Waals surface area contributed by atoms with Crippen LogP contribution in [0.3, 0.4) is 0 Å². The lowest BCUT2D eigenvalue weighted by molar-refractivity contribution is 0.0693. The number of amides is 3. The van der Waals surface area contributed by atoms with Crippen molar-refractivity contribution >= 4 is 29.3 Å². The minimum absolute atomic E-state index is 0.227. The van der Waals surface area contributed by atoms with Gasteiger partial charge >= 0.3 is 0 Å². The van der Waals surface area contributed by atoms with Gasteiger partial charge in [-0.05, 0) is 35.9 Å². The molecular weight excluding hydrogens is 392 g/mol. The number of nitrogens with zero attached hydrogens (tertiary/aromatic N) is 3. The summed E-state index contributed by atoms with van der Waals surface area (Å²) < 4.78 is 1.82. The third kappa shape index (κ3) is 3.30. The molecule has 0 saturated heterocycles. The molecule has 0 bridgehead atoms. The molecule has 1 unspecified atom stereocenters. The van der Waals surface area contributed by atoms with E-state index in [0.717, 1.165) is 10.5 Å². The lowest BCUT2D eigenvalue weighted by atomic mass is 10.0. The van der Waals surface area contributed by atoms with Crippen LogP contribution in [0.2, 0.25) is 5.02 Å². The summed E-state index contributed by atoms with van der Waals surface area (Å²) in [7, 11) is 3.26. The molecule has 1 N–H and O–H groups in total. The molecule has 0 aliphatic carbocycles. The van der Waals surface area contributed by atoms with Crippen LogP contribution >= 0.6 is 11.6 Å². The molecule has 0 saturated carbocycles. The second-order valence-corrected chi connectivity index (χ2v) is 7.22. The monoisotopic (exact) mass is 408 g/mol. The molecule has 8 heteroatoms. The molecule has 29 heavy (non-hydrogen) atoms. The summed E-state index contributed by atoms with van der Waals surface area (Å²) in [5.74, 6) is -0.527. The van der Waals surface area contributed by atoms with Crippen LogP contribution in [0.5, 0.6) is 0 Å². The predicted octanol–water partition coefficient (Wildman–Crippen LogP) is 2.82. The zero-order valence-corrected chi connectivity index (χ0v) is 16.5. The number of hydrogen-bond donors (Lipinski definition) is 1. The summed E-state index contributed by atoms with van der Waals surface area (Å²) >= 11 is 5.99. The lowest BCUT2D eigenvalue weighted by Gasteiger charge is -2.19. The van der Waals surface area contributed by atoms with Crippen LogP contribution in [-0.4, -0.2) is 39.2 Å². The van der Waals surface area contributed by atoms with E-state index in [-0.39, 0.29) is 22.9 Å². The predicted molar refractivity (Wildman–Crippen MR) is 107 cm³/mol. The molecule has 3 aromatic rings. The van der Waals surface area contributed by atoms with Crippen LogP contribution in [-0.2, 0) is 7.05 Å². The van der Waals surface area contributed by atoms with E-state index in [9.17, 15) is 14.4 Å². The molecule has 4 rings (SSSR count). The quantitative estimate of drug-likeness (QED) is 0.673. The second kappa shape index (κ2) is 7.18. The van der Waals surface area contributed by atoms with Gasteiger partial charge in [-0.15, -0.1) is 0 Å². The van der Waals surface area contributed by atoms with Crippen molar-refractivity contribution in [3.63, 3.8) is 0 Å². The molecule has 1 aromatic heterocycles. The van der Waals surface area contributed by atoms with Crippen molar-refractivity contribution in [1.29, 1.82) is 0 Å². The third-order valence-electron chi connectivity index (χ3n) is 4.95. The largest absolute Gasteiger partial charge is 0.338 e. The molecule has 1 aliphatic rings. The van der Waals surface area contributed by atoms with E-state index in [4.69, 9.17) is 11.6 Å². The fraction of sp³-hybridized carbons (Fsp3) is 0.143. The molecule has 1 aliphatic heterocycles. The average molecular weight is 409 g/mol. The smallest absolute Gasteiger partial charge is 0.261 e. The van der Waals surface area contributed by atoms with Gasteiger partial charge in [-0.25, -0.2) is 4.98 Å². The Balaban J connectivity index is 1.68. The van der Waals surface area contributed by atoms with Gasteiger partial charge < -0.3 is 9.88 Å². The van der Waals surface area contributed by atoms with Crippen molar-refractivity contribution in [2.24, 2.45) is 7.05 Å². The van der Waals surface area contributed by atoms with Crippen molar-refractivity contribution in [3.8, 4) is 0 Å². The molecule has 146 valence electrons. The van der Waals surface area contributed by atoms with Crippen LogP contribution in [0.15, 0.2) is 54.9 Å². The van der Waals surface area contributed by atoms with Crippen molar-refractivity contribution in [1.82, 2.24) is 19.8 Å². The standard InChI is InChI=1S/C21H17ClN4O3/c1-25-10-9-23-18(25)17(12-3-6-14(22)7-4-12)24-19(27)13-5-8-15-16(11-13)21(29)26(2)20(15)28/h3-11,17H,1-2H3,(H,24,27). The first-order valence-corrected chi connectivity index (χ1v) is 9.24. The SMILES string of the molecule is CN1C(=O)c2ccc(C(=O)NC(c3ccc(Cl)cc3)c3nccn3C)cc2C1=O. The number of imidazole rings is 1. The number of aryl methyl sites for hydroxylation is 1. The molecule has 7 nitrogen and oxygen atoms in total. The van der Waals surface area contributed by atoms with Crippen LogP contribution in [0, 0.1) is 0 Å². The molecule has 0 spiro atoms. The minimum Gasteiger partial charge on any atom is -0.338 e. The summed E-state index contributed by atoms with van der Waals surface area (Å²) in [6, 6.07) is 11.1. The molecular formula is C21H17ClN4O3. The third-order valence-corrected chi connectivity index (χ3v) is 5.20. The Morgan fingerprint density at radius 3 is 2.38 bits per heavy atom. The number of carbonyl (C=O) groups excluding carboxylic acids is 3. The Labute approximate surface area is 171 Å². The Morgan fingerprint density at radius 2 is 1.72 bits per heavy atom. The summed E-state index contributed by atoms with van der Waals surface area (Å²) in [5, 5.41) is 3.55. The van der Waals surface area contributed by atoms with E-state index >= 15 is 0 Å². The van der Waals surface area contributed by atoms with E-state index in [2.05, 4.69) is 10.3 Å². The molecule has 0 fully saturated rings. The Morgan fingerprint density at radius 1 is 1.03 bits per heavy atom. The zero-order chi connectivity index (χ0) is 20.7. The summed E-state index contributed by atoms with van der Waals surface area (Å²) in [5.41, 5.74) is 1.62. The highest BCUT2D eigenvalue weighted by molar-refractivity contribution is 6.30. The number of fused-ring (bicyclic) bond motifs is 1. The van der Waals surface area contributed by atoms with Crippen LogP contribution in [0.1, 0.15) is 48.5 Å². The molecule has 3 amide bonds. The van der Waals surface area contributed by atoms with Gasteiger partial charge in [0.25, 0.3) is 17.7 Å². The van der Waals surface area contributed by atoms with Gasteiger partial charge in [0.2, 0.25) is 0 Å². The molecule has 1 atom stereocenters. The highest BCUT2D eigenvalue weighted by Gasteiger charge is 2.33. The van der Waals surface area contributed by atoms with E-state index in [1.807, 2.05) is 23.7 Å². The van der Waals surface area contributed by atoms with Gasteiger partial charge in [-0.3, -0.25) is 19.3 Å². The Bertz CT molecular complexity index is 1140. The second-order valence-electron chi connectivity index (χ2n) is 6.78. The number of imide groups is 1. The van der Waals surface area contributed by atoms with Crippen LogP contribution in [0.25, 0.3) is 0 Å². The topological polar surface area (TPSA) is 84.3 Å². The average Bonchev–Trinajstić information content (AvgIpc) is 3.24. The minimum atomic E-state index is -0.520. The summed E-state index contributed by atoms with van der Waals surface area (Å²) in [6.07, 6.45) is 3.44. The van der Waals surface area contributed by atoms with Gasteiger partial charge in [0.1, 0.15) is 11.9 Å². The van der Waals surface area contributed by atoms with E-state index in [1.165, 1.54) is 25.2 Å². The van der Waals surface area contributed by atoms with Crippen molar-refractivity contribution in [3.05, 3.63) is 88.0 Å². The summed E-state index contributed by atoms with van der Waals surface area (Å²) in [4.78, 5) is 42.7. The van der Waals surface area contributed by atoms with Gasteiger partial charge in [0.15, 0.2) is 0 Å². The first kappa shape index (κ1) is 18.9. The van der Waals surface area contributed by atoms with E-state index in [0.29, 0.717) is 16.4 Å². The van der Waals surface area contributed by atoms with Gasteiger partial charge in [-0.1, -0.05) is 23.7 Å². The van der Waals surface area contributed by atoms with Crippen molar-refractivity contribution in [2.75, 3.05) is 7.05 Å². The van der Waals surface area contributed by atoms with Crippen molar-refractivity contribution < 1.29 is 14.4 Å². The maximum atomic E-state index is 13.0. The van der Waals surface area contributed by atoms with Gasteiger partial charge in [-0.2, -0.15) is 0 Å². The number of halogens is 1. The number of rotatable bonds is 4. The number of aromatic nitrogens is 2. The number of benzene rings is 2. The van der Waals surface area contributed by atoms with E-state index in [1.54, 1.807) is 24.5 Å². The summed E-state index contributed by atoms with van der Waals surface area (Å²) in [6.45, 7) is 0. The van der Waals surface area contributed by atoms with Crippen molar-refractivity contribution in [2.45, 2.75) is 6.04 Å². The molecule has 0 radical (unpaired) electrons. The van der Waals surface area contributed by atoms with E-state index < -0.39 is 11.9 Å².